The maximum atomic E-state index is 13.5. The molecule has 0 spiro atoms. The van der Waals surface area contributed by atoms with E-state index < -0.39 is 17.7 Å². The average molecular weight is 514 g/mol. The Labute approximate surface area is 224 Å². The van der Waals surface area contributed by atoms with Gasteiger partial charge in [0.15, 0.2) is 0 Å². The fourth-order valence-electron chi connectivity index (χ4n) is 4.48. The summed E-state index contributed by atoms with van der Waals surface area (Å²) in [5, 5.41) is 11.5. The van der Waals surface area contributed by atoms with Gasteiger partial charge in [-0.2, -0.15) is 0 Å². The molecule has 1 atom stereocenters. The lowest BCUT2D eigenvalue weighted by Gasteiger charge is -2.26. The predicted octanol–water partition coefficient (Wildman–Crippen LogP) is 6.75. The van der Waals surface area contributed by atoms with Crippen molar-refractivity contribution >= 4 is 23.1 Å². The van der Waals surface area contributed by atoms with Crippen LogP contribution in [0.1, 0.15) is 55.5 Å². The average Bonchev–Trinajstić information content (AvgIpc) is 3.17. The molecule has 0 aliphatic carbocycles. The third kappa shape index (κ3) is 5.59. The Morgan fingerprint density at radius 3 is 2.37 bits per heavy atom. The van der Waals surface area contributed by atoms with Crippen molar-refractivity contribution in [3.63, 3.8) is 0 Å². The van der Waals surface area contributed by atoms with Crippen LogP contribution in [0.4, 0.5) is 5.69 Å². The van der Waals surface area contributed by atoms with Crippen molar-refractivity contribution < 1.29 is 24.2 Å². The third-order valence-electron chi connectivity index (χ3n) is 6.42. The van der Waals surface area contributed by atoms with E-state index >= 15 is 0 Å². The Kier molecular flexibility index (Phi) is 8.20. The van der Waals surface area contributed by atoms with Crippen LogP contribution < -0.4 is 14.4 Å². The summed E-state index contributed by atoms with van der Waals surface area (Å²) in [5.74, 6) is 0.0547. The standard InChI is InChI=1S/C32H35NO5/c1-6-16-37-27-15-12-24(17-22(27)5)30(34)28-29(23-8-7-9-26(18-23)38-19-20(2)3)33(32(36)31(28)35)25-13-10-21(4)11-14-25/h7-15,17-18,20,29,34H,6,16,19H2,1-5H3/b30-28+. The van der Waals surface area contributed by atoms with Crippen molar-refractivity contribution in [1.82, 2.24) is 0 Å². The minimum absolute atomic E-state index is 0.0400. The number of ketones is 1. The highest BCUT2D eigenvalue weighted by molar-refractivity contribution is 6.51. The van der Waals surface area contributed by atoms with Gasteiger partial charge in [0.05, 0.1) is 24.8 Å². The molecule has 6 nitrogen and oxygen atoms in total. The summed E-state index contributed by atoms with van der Waals surface area (Å²) in [6.07, 6.45) is 0.879. The number of hydrogen-bond acceptors (Lipinski definition) is 5. The molecule has 0 saturated carbocycles. The summed E-state index contributed by atoms with van der Waals surface area (Å²) >= 11 is 0. The van der Waals surface area contributed by atoms with Gasteiger partial charge in [-0.3, -0.25) is 14.5 Å². The number of benzene rings is 3. The first-order valence-corrected chi connectivity index (χ1v) is 13.1. The van der Waals surface area contributed by atoms with Crippen LogP contribution in [0.15, 0.2) is 72.3 Å². The Balaban J connectivity index is 1.85. The van der Waals surface area contributed by atoms with Gasteiger partial charge in [-0.05, 0) is 79.8 Å². The van der Waals surface area contributed by atoms with Gasteiger partial charge >= 0.3 is 0 Å². The Hall–Kier alpha value is -4.06. The number of carbonyl (C=O) groups excluding carboxylic acids is 2. The molecule has 6 heteroatoms. The Morgan fingerprint density at radius 1 is 0.974 bits per heavy atom. The molecule has 0 aromatic heterocycles. The van der Waals surface area contributed by atoms with Crippen LogP contribution in [0.5, 0.6) is 11.5 Å². The molecule has 0 radical (unpaired) electrons. The lowest BCUT2D eigenvalue weighted by Crippen LogP contribution is -2.29. The molecule has 4 rings (SSSR count). The van der Waals surface area contributed by atoms with Crippen LogP contribution in [-0.2, 0) is 9.59 Å². The molecule has 1 N–H and O–H groups in total. The number of aryl methyl sites for hydroxylation is 2. The van der Waals surface area contributed by atoms with E-state index in [-0.39, 0.29) is 11.3 Å². The maximum Gasteiger partial charge on any atom is 0.300 e. The zero-order chi connectivity index (χ0) is 27.4. The Bertz CT molecular complexity index is 1360. The molecule has 3 aromatic carbocycles. The predicted molar refractivity (Wildman–Crippen MR) is 150 cm³/mol. The van der Waals surface area contributed by atoms with Crippen LogP contribution in [0.25, 0.3) is 5.76 Å². The zero-order valence-corrected chi connectivity index (χ0v) is 22.7. The molecule has 1 amide bonds. The molecule has 1 saturated heterocycles. The van der Waals surface area contributed by atoms with Gasteiger partial charge in [-0.1, -0.05) is 50.6 Å². The lowest BCUT2D eigenvalue weighted by atomic mass is 9.94. The lowest BCUT2D eigenvalue weighted by molar-refractivity contribution is -0.132. The minimum atomic E-state index is -0.823. The molecule has 1 aliphatic rings. The first-order valence-electron chi connectivity index (χ1n) is 13.1. The van der Waals surface area contributed by atoms with E-state index in [1.54, 1.807) is 18.2 Å². The van der Waals surface area contributed by atoms with Gasteiger partial charge in [0, 0.05) is 11.3 Å². The van der Waals surface area contributed by atoms with Crippen LogP contribution in [0, 0.1) is 19.8 Å². The molecule has 0 bridgehead atoms. The summed E-state index contributed by atoms with van der Waals surface area (Å²) in [4.78, 5) is 28.4. The quantitative estimate of drug-likeness (QED) is 0.194. The summed E-state index contributed by atoms with van der Waals surface area (Å²) in [6.45, 7) is 11.1. The first kappa shape index (κ1) is 27.0. The van der Waals surface area contributed by atoms with Crippen molar-refractivity contribution in [1.29, 1.82) is 0 Å². The number of ether oxygens (including phenoxy) is 2. The second-order valence-electron chi connectivity index (χ2n) is 10.1. The summed E-state index contributed by atoms with van der Waals surface area (Å²) in [6, 6.07) is 19.2. The van der Waals surface area contributed by atoms with E-state index in [1.165, 1.54) is 4.90 Å². The zero-order valence-electron chi connectivity index (χ0n) is 22.7. The van der Waals surface area contributed by atoms with Gasteiger partial charge in [0.2, 0.25) is 0 Å². The van der Waals surface area contributed by atoms with E-state index in [4.69, 9.17) is 9.47 Å². The third-order valence-corrected chi connectivity index (χ3v) is 6.42. The SMILES string of the molecule is CCCOc1ccc(/C(O)=C2\C(=O)C(=O)N(c3ccc(C)cc3)C2c2cccc(OCC(C)C)c2)cc1C. The van der Waals surface area contributed by atoms with Gasteiger partial charge in [0.1, 0.15) is 17.3 Å². The molecule has 1 fully saturated rings. The van der Waals surface area contributed by atoms with Crippen molar-refractivity contribution in [2.75, 3.05) is 18.1 Å². The second kappa shape index (κ2) is 11.5. The van der Waals surface area contributed by atoms with Crippen molar-refractivity contribution in [3.8, 4) is 11.5 Å². The number of aliphatic hydroxyl groups excluding tert-OH is 1. The molecule has 1 unspecified atom stereocenters. The van der Waals surface area contributed by atoms with E-state index in [2.05, 4.69) is 13.8 Å². The number of anilines is 1. The van der Waals surface area contributed by atoms with Crippen molar-refractivity contribution in [2.24, 2.45) is 5.92 Å². The highest BCUT2D eigenvalue weighted by Gasteiger charge is 2.47. The van der Waals surface area contributed by atoms with Gasteiger partial charge in [-0.15, -0.1) is 0 Å². The molecular formula is C32H35NO5. The number of Topliss-reactive ketones (excluding diaryl/α,β-unsaturated/α-hetero) is 1. The largest absolute Gasteiger partial charge is 0.507 e. The normalized spacial score (nSPS) is 16.8. The fraction of sp³-hybridized carbons (Fsp3) is 0.312. The number of aliphatic hydroxyl groups is 1. The summed E-state index contributed by atoms with van der Waals surface area (Å²) in [7, 11) is 0. The first-order chi connectivity index (χ1) is 18.2. The van der Waals surface area contributed by atoms with Crippen LogP contribution in [-0.4, -0.2) is 30.0 Å². The van der Waals surface area contributed by atoms with Crippen LogP contribution in [0.3, 0.4) is 0 Å². The van der Waals surface area contributed by atoms with Crippen molar-refractivity contribution in [2.45, 2.75) is 47.1 Å². The van der Waals surface area contributed by atoms with Gasteiger partial charge in [-0.25, -0.2) is 0 Å². The monoisotopic (exact) mass is 513 g/mol. The Morgan fingerprint density at radius 2 is 1.71 bits per heavy atom. The number of amides is 1. The molecule has 198 valence electrons. The molecule has 1 heterocycles. The van der Waals surface area contributed by atoms with Crippen LogP contribution in [0.2, 0.25) is 0 Å². The smallest absolute Gasteiger partial charge is 0.300 e. The minimum Gasteiger partial charge on any atom is -0.507 e. The van der Waals surface area contributed by atoms with Crippen LogP contribution >= 0.6 is 0 Å². The second-order valence-corrected chi connectivity index (χ2v) is 10.1. The van der Waals surface area contributed by atoms with E-state index in [1.807, 2.05) is 69.3 Å². The van der Waals surface area contributed by atoms with E-state index in [0.29, 0.717) is 41.7 Å². The summed E-state index contributed by atoms with van der Waals surface area (Å²) in [5.41, 5.74) is 3.60. The fourth-order valence-corrected chi connectivity index (χ4v) is 4.48. The molecule has 3 aromatic rings. The highest BCUT2D eigenvalue weighted by atomic mass is 16.5. The van der Waals surface area contributed by atoms with Gasteiger partial charge < -0.3 is 14.6 Å². The van der Waals surface area contributed by atoms with E-state index in [0.717, 1.165) is 23.3 Å². The summed E-state index contributed by atoms with van der Waals surface area (Å²) < 4.78 is 11.7. The topological polar surface area (TPSA) is 76.1 Å². The van der Waals surface area contributed by atoms with Crippen molar-refractivity contribution in [3.05, 3.63) is 94.6 Å². The molecule has 1 aliphatic heterocycles. The molecule has 38 heavy (non-hydrogen) atoms. The number of hydrogen-bond donors (Lipinski definition) is 1. The molecular weight excluding hydrogens is 478 g/mol. The number of nitrogens with zero attached hydrogens (tertiary/aromatic N) is 1. The van der Waals surface area contributed by atoms with E-state index in [9.17, 15) is 14.7 Å². The van der Waals surface area contributed by atoms with Gasteiger partial charge in [0.25, 0.3) is 11.7 Å². The maximum absolute atomic E-state index is 13.5. The number of rotatable bonds is 9. The number of carbonyl (C=O) groups is 2. The highest BCUT2D eigenvalue weighted by Crippen LogP contribution is 2.43.